The number of nitrogens with zero attached hydrogens (tertiary/aromatic N) is 5. The zero-order chi connectivity index (χ0) is 17.1. The molecule has 2 aliphatic rings. The molecule has 0 spiro atoms. The molecule has 0 saturated carbocycles. The van der Waals surface area contributed by atoms with Crippen LogP contribution in [0.5, 0.6) is 0 Å². The highest BCUT2D eigenvalue weighted by Crippen LogP contribution is 2.25. The summed E-state index contributed by atoms with van der Waals surface area (Å²) in [5.74, 6) is 1.75. The maximum atomic E-state index is 11.9. The molecule has 0 radical (unpaired) electrons. The number of amides is 2. The summed E-state index contributed by atoms with van der Waals surface area (Å²) in [6.07, 6.45) is 4.00. The molecule has 0 aliphatic carbocycles. The molecule has 1 unspecified atom stereocenters. The van der Waals surface area contributed by atoms with Crippen LogP contribution in [0, 0.1) is 5.92 Å². The first-order chi connectivity index (χ1) is 11.5. The van der Waals surface area contributed by atoms with Gasteiger partial charge in [-0.15, -0.1) is 0 Å². The van der Waals surface area contributed by atoms with Crippen LogP contribution in [-0.2, 0) is 9.59 Å². The van der Waals surface area contributed by atoms with Gasteiger partial charge in [0.25, 0.3) is 0 Å². The first-order valence-corrected chi connectivity index (χ1v) is 8.37. The van der Waals surface area contributed by atoms with Gasteiger partial charge >= 0.3 is 0 Å². The molecule has 24 heavy (non-hydrogen) atoms. The number of piperidine rings is 1. The molecule has 2 saturated heterocycles. The highest BCUT2D eigenvalue weighted by Gasteiger charge is 2.25. The maximum Gasteiger partial charge on any atom is 0.241 e. The summed E-state index contributed by atoms with van der Waals surface area (Å²) in [5.41, 5.74) is 5.33. The zero-order valence-corrected chi connectivity index (χ0v) is 14.0. The zero-order valence-electron chi connectivity index (χ0n) is 14.0. The summed E-state index contributed by atoms with van der Waals surface area (Å²) in [6, 6.07) is 1.94. The Morgan fingerprint density at radius 2 is 2.00 bits per heavy atom. The molecule has 1 aromatic heterocycles. The van der Waals surface area contributed by atoms with Crippen LogP contribution in [0.25, 0.3) is 0 Å². The van der Waals surface area contributed by atoms with Crippen LogP contribution in [0.15, 0.2) is 12.4 Å². The molecule has 2 N–H and O–H groups in total. The van der Waals surface area contributed by atoms with E-state index in [2.05, 4.69) is 14.9 Å². The van der Waals surface area contributed by atoms with Gasteiger partial charge in [0.05, 0.1) is 6.54 Å². The van der Waals surface area contributed by atoms with Gasteiger partial charge in [0.15, 0.2) is 0 Å². The van der Waals surface area contributed by atoms with Crippen LogP contribution in [0.2, 0.25) is 0 Å². The topological polar surface area (TPSA) is 95.7 Å². The minimum atomic E-state index is -0.249. The van der Waals surface area contributed by atoms with Crippen molar-refractivity contribution in [3.63, 3.8) is 0 Å². The van der Waals surface area contributed by atoms with Crippen LogP contribution < -0.4 is 15.5 Å². The van der Waals surface area contributed by atoms with Gasteiger partial charge < -0.3 is 20.4 Å². The van der Waals surface area contributed by atoms with Crippen LogP contribution in [0.3, 0.4) is 0 Å². The van der Waals surface area contributed by atoms with E-state index in [1.165, 1.54) is 0 Å². The van der Waals surface area contributed by atoms with Crippen LogP contribution >= 0.6 is 0 Å². The van der Waals surface area contributed by atoms with Crippen molar-refractivity contribution in [2.75, 3.05) is 49.6 Å². The largest absolute Gasteiger partial charge is 0.370 e. The third-order valence-electron chi connectivity index (χ3n) is 4.75. The molecular formula is C16H24N6O2. The molecule has 8 heteroatoms. The lowest BCUT2D eigenvalue weighted by Gasteiger charge is -2.35. The number of rotatable bonds is 4. The Labute approximate surface area is 141 Å². The van der Waals surface area contributed by atoms with E-state index in [1.54, 1.807) is 11.2 Å². The molecular weight excluding hydrogens is 308 g/mol. The number of aromatic nitrogens is 2. The number of hydrogen-bond acceptors (Lipinski definition) is 6. The SMILES string of the molecule is CN1CCN(c2cc(N3CCCC(CC(N)=O)C3)ncn2)CC1=O. The molecule has 8 nitrogen and oxygen atoms in total. The number of carbonyl (C=O) groups is 2. The normalized spacial score (nSPS) is 22.0. The van der Waals surface area contributed by atoms with E-state index in [4.69, 9.17) is 5.73 Å². The lowest BCUT2D eigenvalue weighted by atomic mass is 9.94. The monoisotopic (exact) mass is 332 g/mol. The van der Waals surface area contributed by atoms with Crippen LogP contribution in [0.4, 0.5) is 11.6 Å². The summed E-state index contributed by atoms with van der Waals surface area (Å²) in [4.78, 5) is 37.7. The number of nitrogens with two attached hydrogens (primary N) is 1. The maximum absolute atomic E-state index is 11.9. The minimum absolute atomic E-state index is 0.0981. The molecule has 3 rings (SSSR count). The third kappa shape index (κ3) is 3.74. The molecule has 3 heterocycles. The van der Waals surface area contributed by atoms with Crippen molar-refractivity contribution in [1.82, 2.24) is 14.9 Å². The van der Waals surface area contributed by atoms with E-state index in [9.17, 15) is 9.59 Å². The number of primary amides is 1. The molecule has 1 aromatic rings. The van der Waals surface area contributed by atoms with Gasteiger partial charge in [0.1, 0.15) is 18.0 Å². The van der Waals surface area contributed by atoms with Gasteiger partial charge in [-0.1, -0.05) is 0 Å². The highest BCUT2D eigenvalue weighted by atomic mass is 16.2. The molecule has 2 amide bonds. The Morgan fingerprint density at radius 1 is 1.25 bits per heavy atom. The number of carbonyl (C=O) groups excluding carboxylic acids is 2. The van der Waals surface area contributed by atoms with Gasteiger partial charge in [-0.25, -0.2) is 9.97 Å². The van der Waals surface area contributed by atoms with Gasteiger partial charge in [0.2, 0.25) is 11.8 Å². The fraction of sp³-hybridized carbons (Fsp3) is 0.625. The average molecular weight is 332 g/mol. The van der Waals surface area contributed by atoms with E-state index >= 15 is 0 Å². The molecule has 0 aromatic carbocycles. The van der Waals surface area contributed by atoms with Crippen molar-refractivity contribution >= 4 is 23.5 Å². The first-order valence-electron chi connectivity index (χ1n) is 8.37. The highest BCUT2D eigenvalue weighted by molar-refractivity contribution is 5.82. The summed E-state index contributed by atoms with van der Waals surface area (Å²) >= 11 is 0. The van der Waals surface area contributed by atoms with Gasteiger partial charge in [-0.2, -0.15) is 0 Å². The molecule has 130 valence electrons. The molecule has 2 aliphatic heterocycles. The Hall–Kier alpha value is -2.38. The Kier molecular flexibility index (Phi) is 4.82. The Bertz CT molecular complexity index is 622. The van der Waals surface area contributed by atoms with Crippen molar-refractivity contribution in [1.29, 1.82) is 0 Å². The van der Waals surface area contributed by atoms with Crippen molar-refractivity contribution in [3.05, 3.63) is 12.4 Å². The van der Waals surface area contributed by atoms with E-state index in [0.29, 0.717) is 19.5 Å². The fourth-order valence-corrected chi connectivity index (χ4v) is 3.36. The number of hydrogen-bond donors (Lipinski definition) is 1. The summed E-state index contributed by atoms with van der Waals surface area (Å²) in [7, 11) is 1.82. The van der Waals surface area contributed by atoms with Crippen molar-refractivity contribution in [2.24, 2.45) is 11.7 Å². The van der Waals surface area contributed by atoms with Gasteiger partial charge in [0, 0.05) is 45.7 Å². The molecule has 0 bridgehead atoms. The van der Waals surface area contributed by atoms with E-state index in [1.807, 2.05) is 18.0 Å². The number of piperazine rings is 1. The van der Waals surface area contributed by atoms with Crippen molar-refractivity contribution in [2.45, 2.75) is 19.3 Å². The quantitative estimate of drug-likeness (QED) is 0.824. The Balaban J connectivity index is 1.71. The second-order valence-corrected chi connectivity index (χ2v) is 6.60. The lowest BCUT2D eigenvalue weighted by molar-refractivity contribution is -0.129. The fourth-order valence-electron chi connectivity index (χ4n) is 3.36. The Morgan fingerprint density at radius 3 is 2.71 bits per heavy atom. The number of likely N-dealkylation sites (N-methyl/N-ethyl adjacent to an activating group) is 1. The van der Waals surface area contributed by atoms with Crippen LogP contribution in [-0.4, -0.2) is 66.5 Å². The predicted molar refractivity (Wildman–Crippen MR) is 90.6 cm³/mol. The van der Waals surface area contributed by atoms with Crippen molar-refractivity contribution < 1.29 is 9.59 Å². The first kappa shape index (κ1) is 16.5. The standard InChI is InChI=1S/C16H24N6O2/c1-20-5-6-22(10-16(20)24)15-8-14(18-11-19-15)21-4-2-3-12(9-21)7-13(17)23/h8,11-12H,2-7,9-10H2,1H3,(H2,17,23). The second kappa shape index (κ2) is 7.02. The summed E-state index contributed by atoms with van der Waals surface area (Å²) in [6.45, 7) is 3.50. The number of anilines is 2. The average Bonchev–Trinajstić information content (AvgIpc) is 2.57. The van der Waals surface area contributed by atoms with E-state index < -0.39 is 0 Å². The van der Waals surface area contributed by atoms with Crippen LogP contribution in [0.1, 0.15) is 19.3 Å². The lowest BCUT2D eigenvalue weighted by Crippen LogP contribution is -2.49. The third-order valence-corrected chi connectivity index (χ3v) is 4.75. The summed E-state index contributed by atoms with van der Waals surface area (Å²) < 4.78 is 0. The second-order valence-electron chi connectivity index (χ2n) is 6.60. The molecule has 1 atom stereocenters. The van der Waals surface area contributed by atoms with Gasteiger partial charge in [-0.3, -0.25) is 9.59 Å². The van der Waals surface area contributed by atoms with E-state index in [-0.39, 0.29) is 17.7 Å². The smallest absolute Gasteiger partial charge is 0.241 e. The van der Waals surface area contributed by atoms with Gasteiger partial charge in [-0.05, 0) is 18.8 Å². The summed E-state index contributed by atoms with van der Waals surface area (Å²) in [5, 5.41) is 0. The minimum Gasteiger partial charge on any atom is -0.370 e. The van der Waals surface area contributed by atoms with E-state index in [0.717, 1.165) is 44.1 Å². The predicted octanol–water partition coefficient (Wildman–Crippen LogP) is -0.153. The molecule has 2 fully saturated rings. The van der Waals surface area contributed by atoms with Crippen molar-refractivity contribution in [3.8, 4) is 0 Å².